The van der Waals surface area contributed by atoms with Crippen LogP contribution in [-0.4, -0.2) is 43.8 Å². The predicted octanol–water partition coefficient (Wildman–Crippen LogP) is 2.42. The van der Waals surface area contributed by atoms with E-state index in [0.717, 1.165) is 17.7 Å². The zero-order valence-corrected chi connectivity index (χ0v) is 15.3. The van der Waals surface area contributed by atoms with Crippen molar-refractivity contribution >= 4 is 11.9 Å². The van der Waals surface area contributed by atoms with E-state index in [1.54, 1.807) is 21.0 Å². The minimum Gasteiger partial charge on any atom is -0.497 e. The molecule has 1 aliphatic heterocycles. The molecule has 1 N–H and O–H groups in total. The van der Waals surface area contributed by atoms with Crippen molar-refractivity contribution in [3.63, 3.8) is 0 Å². The van der Waals surface area contributed by atoms with Gasteiger partial charge in [0.15, 0.2) is 0 Å². The van der Waals surface area contributed by atoms with Gasteiger partial charge in [-0.3, -0.25) is 5.32 Å². The van der Waals surface area contributed by atoms with Crippen LogP contribution in [-0.2, 0) is 19.1 Å². The summed E-state index contributed by atoms with van der Waals surface area (Å²) < 4.78 is 15.7. The second-order valence-electron chi connectivity index (χ2n) is 6.06. The maximum atomic E-state index is 12.8. The smallest absolute Gasteiger partial charge is 0.338 e. The van der Waals surface area contributed by atoms with E-state index < -0.39 is 17.5 Å². The molecule has 0 bridgehead atoms. The molecule has 25 heavy (non-hydrogen) atoms. The van der Waals surface area contributed by atoms with E-state index in [0.29, 0.717) is 6.42 Å². The third-order valence-corrected chi connectivity index (χ3v) is 4.68. The van der Waals surface area contributed by atoms with E-state index in [2.05, 4.69) is 5.32 Å². The number of benzene rings is 1. The van der Waals surface area contributed by atoms with E-state index in [9.17, 15) is 9.59 Å². The SMILES string of the molecule is CCOC(=O)C1(C(=O)OCC)N[C@@H](CC)C[C@H]1c1ccc(OC)cc1. The first-order chi connectivity index (χ1) is 12.0. The van der Waals surface area contributed by atoms with Crippen LogP contribution in [0.15, 0.2) is 24.3 Å². The number of esters is 2. The standard InChI is InChI=1S/C19H27NO5/c1-5-14-12-16(13-8-10-15(23-4)11-9-13)19(20-14,17(21)24-6-2)18(22)25-7-3/h8-11,14,16,20H,5-7,12H2,1-4H3/t14-,16-/m0/s1. The van der Waals surface area contributed by atoms with Crippen LogP contribution in [0.2, 0.25) is 0 Å². The topological polar surface area (TPSA) is 73.9 Å². The number of carbonyl (C=O) groups is 2. The van der Waals surface area contributed by atoms with Crippen molar-refractivity contribution < 1.29 is 23.8 Å². The summed E-state index contributed by atoms with van der Waals surface area (Å²) in [6.45, 7) is 5.88. The van der Waals surface area contributed by atoms with Gasteiger partial charge in [0.2, 0.25) is 5.54 Å². The molecule has 0 spiro atoms. The summed E-state index contributed by atoms with van der Waals surface area (Å²) in [5.41, 5.74) is -0.633. The minimum atomic E-state index is -1.51. The normalized spacial score (nSPS) is 21.6. The first kappa shape index (κ1) is 19.2. The molecule has 0 aliphatic carbocycles. The lowest BCUT2D eigenvalue weighted by atomic mass is 9.79. The van der Waals surface area contributed by atoms with E-state index >= 15 is 0 Å². The number of methoxy groups -OCH3 is 1. The molecule has 1 aromatic rings. The maximum Gasteiger partial charge on any atom is 0.338 e. The molecule has 0 aromatic heterocycles. The van der Waals surface area contributed by atoms with E-state index in [1.165, 1.54) is 0 Å². The number of hydrogen-bond acceptors (Lipinski definition) is 6. The molecule has 0 amide bonds. The van der Waals surface area contributed by atoms with E-state index in [-0.39, 0.29) is 25.2 Å². The van der Waals surface area contributed by atoms with E-state index in [4.69, 9.17) is 14.2 Å². The Bertz CT molecular complexity index is 580. The molecule has 6 nitrogen and oxygen atoms in total. The number of hydrogen-bond donors (Lipinski definition) is 1. The molecule has 1 heterocycles. The van der Waals surface area contributed by atoms with Crippen LogP contribution in [0, 0.1) is 0 Å². The molecule has 2 atom stereocenters. The van der Waals surface area contributed by atoms with Gasteiger partial charge >= 0.3 is 11.9 Å². The molecule has 2 rings (SSSR count). The Hall–Kier alpha value is -2.08. The second-order valence-corrected chi connectivity index (χ2v) is 6.06. The molecule has 1 fully saturated rings. The molecule has 1 aromatic carbocycles. The van der Waals surface area contributed by atoms with Crippen molar-refractivity contribution in [3.05, 3.63) is 29.8 Å². The largest absolute Gasteiger partial charge is 0.497 e. The van der Waals surface area contributed by atoms with Crippen LogP contribution in [0.5, 0.6) is 5.75 Å². The van der Waals surface area contributed by atoms with Crippen LogP contribution >= 0.6 is 0 Å². The highest BCUT2D eigenvalue weighted by Gasteiger charge is 2.60. The van der Waals surface area contributed by atoms with Gasteiger partial charge in [-0.05, 0) is 44.4 Å². The van der Waals surface area contributed by atoms with E-state index in [1.807, 2.05) is 31.2 Å². The first-order valence-electron chi connectivity index (χ1n) is 8.79. The molecule has 1 aliphatic rings. The summed E-state index contributed by atoms with van der Waals surface area (Å²) in [6, 6.07) is 7.46. The van der Waals surface area contributed by atoms with Crippen molar-refractivity contribution in [1.29, 1.82) is 0 Å². The molecule has 6 heteroatoms. The number of carbonyl (C=O) groups excluding carboxylic acids is 2. The molecule has 0 saturated carbocycles. The number of nitrogens with one attached hydrogen (secondary N) is 1. The Kier molecular flexibility index (Phi) is 6.42. The van der Waals surface area contributed by atoms with Crippen molar-refractivity contribution in [1.82, 2.24) is 5.32 Å². The van der Waals surface area contributed by atoms with Crippen molar-refractivity contribution in [3.8, 4) is 5.75 Å². The zero-order chi connectivity index (χ0) is 18.4. The van der Waals surface area contributed by atoms with Crippen LogP contribution < -0.4 is 10.1 Å². The van der Waals surface area contributed by atoms with Crippen LogP contribution in [0.3, 0.4) is 0 Å². The fourth-order valence-corrected chi connectivity index (χ4v) is 3.41. The lowest BCUT2D eigenvalue weighted by molar-refractivity contribution is -0.166. The van der Waals surface area contributed by atoms with Crippen molar-refractivity contribution in [2.24, 2.45) is 0 Å². The van der Waals surface area contributed by atoms with Gasteiger partial charge in [-0.2, -0.15) is 0 Å². The monoisotopic (exact) mass is 349 g/mol. The highest BCUT2D eigenvalue weighted by Crippen LogP contribution is 2.42. The molecule has 1 saturated heterocycles. The van der Waals surface area contributed by atoms with Gasteiger partial charge < -0.3 is 14.2 Å². The fraction of sp³-hybridized carbons (Fsp3) is 0.579. The van der Waals surface area contributed by atoms with Gasteiger partial charge in [-0.1, -0.05) is 19.1 Å². The number of ether oxygens (including phenoxy) is 3. The summed E-state index contributed by atoms with van der Waals surface area (Å²) in [4.78, 5) is 25.7. The highest BCUT2D eigenvalue weighted by atomic mass is 16.6. The van der Waals surface area contributed by atoms with Crippen LogP contribution in [0.4, 0.5) is 0 Å². The average molecular weight is 349 g/mol. The van der Waals surface area contributed by atoms with Gasteiger partial charge in [-0.25, -0.2) is 9.59 Å². The first-order valence-corrected chi connectivity index (χ1v) is 8.79. The van der Waals surface area contributed by atoms with Gasteiger partial charge in [-0.15, -0.1) is 0 Å². The Morgan fingerprint density at radius 3 is 2.08 bits per heavy atom. The Labute approximate surface area is 148 Å². The Morgan fingerprint density at radius 1 is 1.08 bits per heavy atom. The summed E-state index contributed by atoms with van der Waals surface area (Å²) in [7, 11) is 1.60. The van der Waals surface area contributed by atoms with Crippen molar-refractivity contribution in [2.75, 3.05) is 20.3 Å². The lowest BCUT2D eigenvalue weighted by Crippen LogP contribution is -2.60. The highest BCUT2D eigenvalue weighted by molar-refractivity contribution is 6.07. The van der Waals surface area contributed by atoms with Crippen LogP contribution in [0.25, 0.3) is 0 Å². The third-order valence-electron chi connectivity index (χ3n) is 4.68. The third kappa shape index (κ3) is 3.63. The molecule has 138 valence electrons. The molecule has 0 radical (unpaired) electrons. The van der Waals surface area contributed by atoms with Gasteiger partial charge in [0.25, 0.3) is 0 Å². The fourth-order valence-electron chi connectivity index (χ4n) is 3.41. The Balaban J connectivity index is 2.49. The quantitative estimate of drug-likeness (QED) is 0.602. The zero-order valence-electron chi connectivity index (χ0n) is 15.3. The summed E-state index contributed by atoms with van der Waals surface area (Å²) in [5.74, 6) is -0.795. The molecule has 0 unspecified atom stereocenters. The minimum absolute atomic E-state index is 0.0286. The van der Waals surface area contributed by atoms with Crippen molar-refractivity contribution in [2.45, 2.75) is 51.1 Å². The summed E-state index contributed by atoms with van der Waals surface area (Å²) in [6.07, 6.45) is 1.45. The van der Waals surface area contributed by atoms with Gasteiger partial charge in [0, 0.05) is 12.0 Å². The molecular weight excluding hydrogens is 322 g/mol. The van der Waals surface area contributed by atoms with Gasteiger partial charge in [0.1, 0.15) is 5.75 Å². The lowest BCUT2D eigenvalue weighted by Gasteiger charge is -2.31. The Morgan fingerprint density at radius 2 is 1.64 bits per heavy atom. The summed E-state index contributed by atoms with van der Waals surface area (Å²) >= 11 is 0. The second kappa shape index (κ2) is 8.34. The predicted molar refractivity (Wildman–Crippen MR) is 93.6 cm³/mol. The van der Waals surface area contributed by atoms with Gasteiger partial charge in [0.05, 0.1) is 20.3 Å². The molecular formula is C19H27NO5. The maximum absolute atomic E-state index is 12.8. The number of rotatable bonds is 7. The summed E-state index contributed by atoms with van der Waals surface area (Å²) in [5, 5.41) is 3.22. The average Bonchev–Trinajstić information content (AvgIpc) is 3.03. The van der Waals surface area contributed by atoms with Crippen LogP contribution in [0.1, 0.15) is 45.1 Å².